The Morgan fingerprint density at radius 3 is 3.00 bits per heavy atom. The van der Waals surface area contributed by atoms with Gasteiger partial charge in [-0.2, -0.15) is 0 Å². The van der Waals surface area contributed by atoms with Crippen molar-refractivity contribution in [1.29, 1.82) is 0 Å². The van der Waals surface area contributed by atoms with Crippen LogP contribution in [0.3, 0.4) is 0 Å². The molecule has 2 fully saturated rings. The summed E-state index contributed by atoms with van der Waals surface area (Å²) in [4.78, 5) is 4.60. The average Bonchev–Trinajstić information content (AvgIpc) is 3.10. The summed E-state index contributed by atoms with van der Waals surface area (Å²) in [5, 5.41) is 3.50. The number of pyridine rings is 1. The Hall–Kier alpha value is -1.13. The highest BCUT2D eigenvalue weighted by atomic mass is 16.5. The second-order valence-corrected chi connectivity index (χ2v) is 5.59. The van der Waals surface area contributed by atoms with Crippen molar-refractivity contribution in [3.05, 3.63) is 23.5 Å². The molecular formula is C15H22N2O2. The van der Waals surface area contributed by atoms with Gasteiger partial charge in [0.1, 0.15) is 5.75 Å². The monoisotopic (exact) mass is 262 g/mol. The largest absolute Gasteiger partial charge is 0.491 e. The first-order valence-electron chi connectivity index (χ1n) is 7.22. The molecule has 1 aromatic rings. The number of hydrogen-bond donors (Lipinski definition) is 1. The lowest BCUT2D eigenvalue weighted by Gasteiger charge is -2.14. The number of ether oxygens (including phenoxy) is 2. The van der Waals surface area contributed by atoms with E-state index in [1.807, 2.05) is 19.1 Å². The first-order chi connectivity index (χ1) is 9.31. The molecule has 2 aliphatic rings. The van der Waals surface area contributed by atoms with Gasteiger partial charge in [0.25, 0.3) is 0 Å². The minimum atomic E-state index is 0.533. The molecule has 1 aromatic heterocycles. The van der Waals surface area contributed by atoms with E-state index in [-0.39, 0.29) is 0 Å². The van der Waals surface area contributed by atoms with Crippen molar-refractivity contribution < 1.29 is 9.47 Å². The predicted octanol–water partition coefficient (Wildman–Crippen LogP) is 2.06. The van der Waals surface area contributed by atoms with Gasteiger partial charge in [0.05, 0.1) is 18.9 Å². The zero-order valence-electron chi connectivity index (χ0n) is 11.5. The Morgan fingerprint density at radius 2 is 2.26 bits per heavy atom. The van der Waals surface area contributed by atoms with Crippen LogP contribution in [-0.4, -0.2) is 30.8 Å². The van der Waals surface area contributed by atoms with Gasteiger partial charge in [0.2, 0.25) is 0 Å². The number of hydrogen-bond acceptors (Lipinski definition) is 4. The Labute approximate surface area is 114 Å². The van der Waals surface area contributed by atoms with Crippen LogP contribution in [0.4, 0.5) is 0 Å². The van der Waals surface area contributed by atoms with Crippen LogP contribution in [0.25, 0.3) is 0 Å². The van der Waals surface area contributed by atoms with Crippen molar-refractivity contribution in [3.63, 3.8) is 0 Å². The maximum Gasteiger partial charge on any atom is 0.142 e. The number of aromatic nitrogens is 1. The van der Waals surface area contributed by atoms with Crippen molar-refractivity contribution in [2.45, 2.75) is 38.8 Å². The molecule has 1 aliphatic heterocycles. The molecule has 4 nitrogen and oxygen atoms in total. The molecule has 0 amide bonds. The molecule has 1 unspecified atom stereocenters. The Bertz CT molecular complexity index is 426. The summed E-state index contributed by atoms with van der Waals surface area (Å²) in [7, 11) is 0. The molecule has 1 aliphatic carbocycles. The van der Waals surface area contributed by atoms with Crippen LogP contribution in [0.1, 0.15) is 30.7 Å². The van der Waals surface area contributed by atoms with E-state index in [1.165, 1.54) is 12.8 Å². The first-order valence-corrected chi connectivity index (χ1v) is 7.22. The van der Waals surface area contributed by atoms with Gasteiger partial charge in [0, 0.05) is 30.8 Å². The summed E-state index contributed by atoms with van der Waals surface area (Å²) in [6, 6.07) is 4.75. The first kappa shape index (κ1) is 12.9. The fourth-order valence-corrected chi connectivity index (χ4v) is 2.31. The molecule has 1 N–H and O–H groups in total. The van der Waals surface area contributed by atoms with E-state index < -0.39 is 0 Å². The van der Waals surface area contributed by atoms with Gasteiger partial charge in [-0.25, -0.2) is 0 Å². The maximum atomic E-state index is 5.95. The van der Waals surface area contributed by atoms with Crippen LogP contribution in [0.15, 0.2) is 12.1 Å². The van der Waals surface area contributed by atoms with E-state index in [2.05, 4.69) is 10.3 Å². The minimum absolute atomic E-state index is 0.533. The van der Waals surface area contributed by atoms with Gasteiger partial charge >= 0.3 is 0 Å². The highest BCUT2D eigenvalue weighted by Gasteiger charge is 2.21. The molecule has 2 heterocycles. The van der Waals surface area contributed by atoms with Crippen LogP contribution in [0, 0.1) is 12.8 Å². The fraction of sp³-hybridized carbons (Fsp3) is 0.667. The van der Waals surface area contributed by atoms with Crippen LogP contribution in [0.5, 0.6) is 5.75 Å². The molecule has 4 heteroatoms. The third-order valence-electron chi connectivity index (χ3n) is 3.71. The Kier molecular flexibility index (Phi) is 3.99. The van der Waals surface area contributed by atoms with Crippen molar-refractivity contribution in [2.24, 2.45) is 5.92 Å². The second kappa shape index (κ2) is 5.88. The maximum absolute atomic E-state index is 5.95. The van der Waals surface area contributed by atoms with Gasteiger partial charge in [-0.15, -0.1) is 0 Å². The summed E-state index contributed by atoms with van der Waals surface area (Å²) in [5.74, 6) is 1.45. The lowest BCUT2D eigenvalue weighted by Crippen LogP contribution is -2.19. The number of nitrogens with one attached hydrogen (secondary N) is 1. The van der Waals surface area contributed by atoms with E-state index in [1.54, 1.807) is 0 Å². The average molecular weight is 262 g/mol. The molecule has 104 valence electrons. The van der Waals surface area contributed by atoms with Crippen LogP contribution in [0.2, 0.25) is 0 Å². The highest BCUT2D eigenvalue weighted by molar-refractivity contribution is 5.29. The molecule has 19 heavy (non-hydrogen) atoms. The van der Waals surface area contributed by atoms with Crippen molar-refractivity contribution >= 4 is 0 Å². The molecule has 1 saturated heterocycles. The van der Waals surface area contributed by atoms with Crippen molar-refractivity contribution in [2.75, 3.05) is 19.8 Å². The van der Waals surface area contributed by atoms with Crippen LogP contribution < -0.4 is 10.1 Å². The van der Waals surface area contributed by atoms with Crippen LogP contribution >= 0.6 is 0 Å². The summed E-state index contributed by atoms with van der Waals surface area (Å²) in [5.41, 5.74) is 2.08. The molecular weight excluding hydrogens is 240 g/mol. The summed E-state index contributed by atoms with van der Waals surface area (Å²) in [6.07, 6.45) is 3.69. The highest BCUT2D eigenvalue weighted by Crippen LogP contribution is 2.23. The predicted molar refractivity (Wildman–Crippen MR) is 73.3 cm³/mol. The molecule has 0 aromatic carbocycles. The van der Waals surface area contributed by atoms with Crippen molar-refractivity contribution in [1.82, 2.24) is 10.3 Å². The standard InChI is InChI=1S/C15H22N2O2/c1-11-2-5-15(19-10-12-6-7-18-9-12)14(17-11)8-16-13-3-4-13/h2,5,12-13,16H,3-4,6-10H2,1H3. The van der Waals surface area contributed by atoms with Gasteiger partial charge in [0.15, 0.2) is 0 Å². The summed E-state index contributed by atoms with van der Waals surface area (Å²) >= 11 is 0. The normalized spacial score (nSPS) is 22.7. The lowest BCUT2D eigenvalue weighted by atomic mass is 10.1. The topological polar surface area (TPSA) is 43.4 Å². The zero-order valence-corrected chi connectivity index (χ0v) is 11.5. The summed E-state index contributed by atoms with van der Waals surface area (Å²) in [6.45, 7) is 5.27. The van der Waals surface area contributed by atoms with E-state index in [0.717, 1.165) is 49.9 Å². The third kappa shape index (κ3) is 3.67. The van der Waals surface area contributed by atoms with E-state index in [9.17, 15) is 0 Å². The van der Waals surface area contributed by atoms with Gasteiger partial charge in [-0.3, -0.25) is 4.98 Å². The Morgan fingerprint density at radius 1 is 1.37 bits per heavy atom. The number of rotatable bonds is 6. The fourth-order valence-electron chi connectivity index (χ4n) is 2.31. The molecule has 1 saturated carbocycles. The number of aryl methyl sites for hydroxylation is 1. The van der Waals surface area contributed by atoms with E-state index in [4.69, 9.17) is 9.47 Å². The SMILES string of the molecule is Cc1ccc(OCC2CCOC2)c(CNC2CC2)n1. The van der Waals surface area contributed by atoms with E-state index in [0.29, 0.717) is 12.0 Å². The molecule has 0 bridgehead atoms. The third-order valence-corrected chi connectivity index (χ3v) is 3.71. The smallest absolute Gasteiger partial charge is 0.142 e. The zero-order chi connectivity index (χ0) is 13.1. The lowest BCUT2D eigenvalue weighted by molar-refractivity contribution is 0.166. The molecule has 1 atom stereocenters. The second-order valence-electron chi connectivity index (χ2n) is 5.59. The quantitative estimate of drug-likeness (QED) is 0.852. The summed E-state index contributed by atoms with van der Waals surface area (Å²) < 4.78 is 11.3. The Balaban J connectivity index is 1.60. The molecule has 3 rings (SSSR count). The van der Waals surface area contributed by atoms with E-state index >= 15 is 0 Å². The minimum Gasteiger partial charge on any atom is -0.491 e. The van der Waals surface area contributed by atoms with Gasteiger partial charge in [-0.1, -0.05) is 0 Å². The van der Waals surface area contributed by atoms with Gasteiger partial charge < -0.3 is 14.8 Å². The van der Waals surface area contributed by atoms with Crippen molar-refractivity contribution in [3.8, 4) is 5.75 Å². The molecule has 0 radical (unpaired) electrons. The number of nitrogens with zero attached hydrogens (tertiary/aromatic N) is 1. The van der Waals surface area contributed by atoms with Gasteiger partial charge in [-0.05, 0) is 38.3 Å². The molecule has 0 spiro atoms. The van der Waals surface area contributed by atoms with Crippen LogP contribution in [-0.2, 0) is 11.3 Å².